The van der Waals surface area contributed by atoms with E-state index in [1.165, 1.54) is 25.3 Å². The number of methoxy groups -OCH3 is 2. The van der Waals surface area contributed by atoms with Crippen LogP contribution < -0.4 is 14.2 Å². The molecule has 0 aliphatic heterocycles. The van der Waals surface area contributed by atoms with E-state index < -0.39 is 16.8 Å². The van der Waals surface area contributed by atoms with Crippen LogP contribution in [-0.2, 0) is 4.79 Å². The second-order valence-electron chi connectivity index (χ2n) is 6.21. The Hall–Kier alpha value is -3.61. The molecule has 0 spiro atoms. The molecular weight excluding hydrogens is 362 g/mol. The summed E-state index contributed by atoms with van der Waals surface area (Å²) in [4.78, 5) is 23.1. The van der Waals surface area contributed by atoms with Crippen LogP contribution in [0.3, 0.4) is 0 Å². The third kappa shape index (κ3) is 3.88. The fourth-order valence-electron chi connectivity index (χ4n) is 2.83. The molecule has 0 radical (unpaired) electrons. The van der Waals surface area contributed by atoms with Gasteiger partial charge in [0.1, 0.15) is 5.75 Å². The number of nitro benzene ring substituents is 1. The van der Waals surface area contributed by atoms with Gasteiger partial charge in [0.05, 0.1) is 31.1 Å². The van der Waals surface area contributed by atoms with Crippen molar-refractivity contribution in [1.82, 2.24) is 0 Å². The fourth-order valence-corrected chi connectivity index (χ4v) is 2.83. The number of hydrogen-bond acceptors (Lipinski definition) is 6. The highest BCUT2D eigenvalue weighted by Crippen LogP contribution is 2.33. The van der Waals surface area contributed by atoms with Gasteiger partial charge in [0.15, 0.2) is 11.5 Å². The van der Waals surface area contributed by atoms with Gasteiger partial charge in [-0.3, -0.25) is 14.9 Å². The van der Waals surface area contributed by atoms with Gasteiger partial charge in [0.25, 0.3) is 5.69 Å². The summed E-state index contributed by atoms with van der Waals surface area (Å²) in [6.07, 6.45) is 0. The van der Waals surface area contributed by atoms with Crippen molar-refractivity contribution in [3.05, 3.63) is 70.3 Å². The van der Waals surface area contributed by atoms with Crippen molar-refractivity contribution >= 4 is 22.4 Å². The van der Waals surface area contributed by atoms with Crippen molar-refractivity contribution in [2.24, 2.45) is 0 Å². The van der Waals surface area contributed by atoms with E-state index in [4.69, 9.17) is 14.2 Å². The molecule has 28 heavy (non-hydrogen) atoms. The molecule has 3 aromatic rings. The molecule has 0 aliphatic carbocycles. The number of carbonyl (C=O) groups excluding carboxylic acids is 1. The van der Waals surface area contributed by atoms with Crippen LogP contribution in [0.5, 0.6) is 17.2 Å². The number of nitrogens with zero attached hydrogens (tertiary/aromatic N) is 1. The molecule has 1 atom stereocenters. The normalized spacial score (nSPS) is 11.7. The average Bonchev–Trinajstić information content (AvgIpc) is 2.72. The highest BCUT2D eigenvalue weighted by molar-refractivity contribution is 5.87. The van der Waals surface area contributed by atoms with E-state index in [1.54, 1.807) is 14.0 Å². The summed E-state index contributed by atoms with van der Waals surface area (Å²) >= 11 is 0. The predicted octanol–water partition coefficient (Wildman–Crippen LogP) is 4.47. The number of benzene rings is 3. The highest BCUT2D eigenvalue weighted by Gasteiger charge is 2.21. The van der Waals surface area contributed by atoms with Gasteiger partial charge in [-0.25, -0.2) is 0 Å². The lowest BCUT2D eigenvalue weighted by Gasteiger charge is -2.14. The van der Waals surface area contributed by atoms with Crippen LogP contribution in [0, 0.1) is 10.1 Å². The Balaban J connectivity index is 1.86. The largest absolute Gasteiger partial charge is 0.497 e. The second-order valence-corrected chi connectivity index (χ2v) is 6.21. The Kier molecular flexibility index (Phi) is 5.44. The van der Waals surface area contributed by atoms with Crippen LogP contribution in [0.2, 0.25) is 0 Å². The predicted molar refractivity (Wildman–Crippen MR) is 104 cm³/mol. The molecule has 0 bridgehead atoms. The Morgan fingerprint density at radius 2 is 1.64 bits per heavy atom. The molecule has 0 saturated carbocycles. The molecule has 0 unspecified atom stereocenters. The number of carbonyl (C=O) groups is 1. The van der Waals surface area contributed by atoms with Crippen LogP contribution in [0.4, 0.5) is 5.69 Å². The topological polar surface area (TPSA) is 87.9 Å². The maximum absolute atomic E-state index is 12.6. The minimum Gasteiger partial charge on any atom is -0.497 e. The first kappa shape index (κ1) is 19.2. The van der Waals surface area contributed by atoms with Crippen LogP contribution in [0.1, 0.15) is 18.4 Å². The van der Waals surface area contributed by atoms with Crippen molar-refractivity contribution in [3.63, 3.8) is 0 Å². The van der Waals surface area contributed by atoms with E-state index in [-0.39, 0.29) is 17.2 Å². The van der Waals surface area contributed by atoms with Gasteiger partial charge in [0.2, 0.25) is 0 Å². The van der Waals surface area contributed by atoms with Gasteiger partial charge in [-0.15, -0.1) is 0 Å². The van der Waals surface area contributed by atoms with E-state index in [9.17, 15) is 14.9 Å². The van der Waals surface area contributed by atoms with Crippen molar-refractivity contribution < 1.29 is 23.9 Å². The zero-order valence-corrected chi connectivity index (χ0v) is 15.7. The maximum Gasteiger partial charge on any atom is 0.318 e. The number of hydrogen-bond donors (Lipinski definition) is 0. The SMILES string of the molecule is COc1ccc2cc([C@H](C)C(=O)Oc3cc([N+](=O)[O-])ccc3OC)ccc2c1. The lowest BCUT2D eigenvalue weighted by molar-refractivity contribution is -0.384. The second kappa shape index (κ2) is 7.96. The molecule has 0 aromatic heterocycles. The lowest BCUT2D eigenvalue weighted by Crippen LogP contribution is -2.16. The van der Waals surface area contributed by atoms with E-state index in [2.05, 4.69) is 0 Å². The summed E-state index contributed by atoms with van der Waals surface area (Å²) in [7, 11) is 3.01. The molecule has 7 heteroatoms. The van der Waals surface area contributed by atoms with Gasteiger partial charge in [0, 0.05) is 6.07 Å². The minimum atomic E-state index is -0.574. The Bertz CT molecular complexity index is 1050. The summed E-state index contributed by atoms with van der Waals surface area (Å²) < 4.78 is 15.8. The van der Waals surface area contributed by atoms with Crippen LogP contribution >= 0.6 is 0 Å². The average molecular weight is 381 g/mol. The zero-order chi connectivity index (χ0) is 20.3. The van der Waals surface area contributed by atoms with Crippen LogP contribution in [-0.4, -0.2) is 25.1 Å². The Morgan fingerprint density at radius 3 is 2.32 bits per heavy atom. The molecule has 144 valence electrons. The maximum atomic E-state index is 12.6. The highest BCUT2D eigenvalue weighted by atomic mass is 16.6. The molecular formula is C21H19NO6. The standard InChI is InChI=1S/C21H19NO6/c1-13(14-4-5-16-11-18(26-2)8-6-15(16)10-14)21(23)28-20-12-17(22(24)25)7-9-19(20)27-3/h4-13H,1-3H3/t13-/m0/s1. The summed E-state index contributed by atoms with van der Waals surface area (Å²) in [6.45, 7) is 1.72. The van der Waals surface area contributed by atoms with E-state index in [0.717, 1.165) is 22.1 Å². The number of rotatable bonds is 6. The van der Waals surface area contributed by atoms with Gasteiger partial charge in [-0.05, 0) is 41.5 Å². The summed E-state index contributed by atoms with van der Waals surface area (Å²) in [5, 5.41) is 12.9. The van der Waals surface area contributed by atoms with Crippen LogP contribution in [0.15, 0.2) is 54.6 Å². The molecule has 7 nitrogen and oxygen atoms in total. The molecule has 0 heterocycles. The minimum absolute atomic E-state index is 0.0130. The summed E-state index contributed by atoms with van der Waals surface area (Å²) in [6, 6.07) is 15.2. The molecule has 0 amide bonds. The van der Waals surface area contributed by atoms with Crippen molar-refractivity contribution in [2.45, 2.75) is 12.8 Å². The van der Waals surface area contributed by atoms with Gasteiger partial charge in [-0.2, -0.15) is 0 Å². The Morgan fingerprint density at radius 1 is 0.929 bits per heavy atom. The molecule has 3 aromatic carbocycles. The summed E-state index contributed by atoms with van der Waals surface area (Å²) in [5.41, 5.74) is 0.586. The first-order chi connectivity index (χ1) is 13.4. The van der Waals surface area contributed by atoms with Gasteiger partial charge >= 0.3 is 5.97 Å². The van der Waals surface area contributed by atoms with Gasteiger partial charge < -0.3 is 14.2 Å². The number of ether oxygens (including phenoxy) is 3. The summed E-state index contributed by atoms with van der Waals surface area (Å²) in [5.74, 6) is -0.0940. The lowest BCUT2D eigenvalue weighted by atomic mass is 9.98. The molecule has 0 fully saturated rings. The molecule has 0 saturated heterocycles. The van der Waals surface area contributed by atoms with Crippen molar-refractivity contribution in [3.8, 4) is 17.2 Å². The molecule has 0 N–H and O–H groups in total. The molecule has 0 aliphatic rings. The number of esters is 1. The zero-order valence-electron chi connectivity index (χ0n) is 15.7. The molecule has 3 rings (SSSR count). The number of non-ortho nitro benzene ring substituents is 1. The Labute approximate surface area is 161 Å². The first-order valence-corrected chi connectivity index (χ1v) is 8.54. The van der Waals surface area contributed by atoms with E-state index in [1.807, 2.05) is 36.4 Å². The monoisotopic (exact) mass is 381 g/mol. The third-order valence-electron chi connectivity index (χ3n) is 4.49. The van der Waals surface area contributed by atoms with Gasteiger partial charge in [-0.1, -0.05) is 24.3 Å². The number of fused-ring (bicyclic) bond motifs is 1. The number of nitro groups is 1. The fraction of sp³-hybridized carbons (Fsp3) is 0.190. The van der Waals surface area contributed by atoms with Crippen molar-refractivity contribution in [2.75, 3.05) is 14.2 Å². The third-order valence-corrected chi connectivity index (χ3v) is 4.49. The quantitative estimate of drug-likeness (QED) is 0.271. The smallest absolute Gasteiger partial charge is 0.318 e. The van der Waals surface area contributed by atoms with Crippen molar-refractivity contribution in [1.29, 1.82) is 0 Å². The van der Waals surface area contributed by atoms with E-state index >= 15 is 0 Å². The van der Waals surface area contributed by atoms with E-state index in [0.29, 0.717) is 0 Å². The van der Waals surface area contributed by atoms with Crippen LogP contribution in [0.25, 0.3) is 10.8 Å². The first-order valence-electron chi connectivity index (χ1n) is 8.54.